The number of furan rings is 1. The Morgan fingerprint density at radius 2 is 2.09 bits per heavy atom. The second kappa shape index (κ2) is 6.30. The van der Waals surface area contributed by atoms with Crippen molar-refractivity contribution in [3.05, 3.63) is 72.2 Å². The van der Waals surface area contributed by atoms with Gasteiger partial charge in [-0.3, -0.25) is 4.79 Å². The molecule has 0 unspecified atom stereocenters. The molecule has 1 N–H and O–H groups in total. The van der Waals surface area contributed by atoms with E-state index in [0.29, 0.717) is 24.3 Å². The van der Waals surface area contributed by atoms with E-state index in [1.165, 1.54) is 0 Å². The standard InChI is InChI=1S/C17H17N3O2/c1-2-15-14(8-11-22-15)17(21)19-12-16-18-9-10-20(16)13-6-4-3-5-7-13/h3-11H,2,12H2,1H3,(H,19,21). The fraction of sp³-hybridized carbons (Fsp3) is 0.176. The van der Waals surface area contributed by atoms with Gasteiger partial charge in [-0.25, -0.2) is 4.98 Å². The molecule has 22 heavy (non-hydrogen) atoms. The maximum Gasteiger partial charge on any atom is 0.255 e. The minimum atomic E-state index is -0.145. The number of carbonyl (C=O) groups excluding carboxylic acids is 1. The van der Waals surface area contributed by atoms with E-state index in [4.69, 9.17) is 4.42 Å². The Balaban J connectivity index is 1.73. The quantitative estimate of drug-likeness (QED) is 0.787. The Kier molecular flexibility index (Phi) is 4.05. The van der Waals surface area contributed by atoms with Crippen LogP contribution in [0.15, 0.2) is 59.5 Å². The largest absolute Gasteiger partial charge is 0.469 e. The number of nitrogens with zero attached hydrogens (tertiary/aromatic N) is 2. The second-order valence-corrected chi connectivity index (χ2v) is 4.84. The molecule has 2 aromatic heterocycles. The topological polar surface area (TPSA) is 60.1 Å². The highest BCUT2D eigenvalue weighted by Crippen LogP contribution is 2.12. The predicted octanol–water partition coefficient (Wildman–Crippen LogP) is 2.96. The number of benzene rings is 1. The van der Waals surface area contributed by atoms with Crippen LogP contribution in [0.3, 0.4) is 0 Å². The van der Waals surface area contributed by atoms with E-state index in [0.717, 1.165) is 11.5 Å². The molecule has 5 heteroatoms. The van der Waals surface area contributed by atoms with Crippen LogP contribution in [0, 0.1) is 0 Å². The Labute approximate surface area is 128 Å². The first kappa shape index (κ1) is 14.1. The average molecular weight is 295 g/mol. The van der Waals surface area contributed by atoms with Crippen LogP contribution in [0.1, 0.15) is 28.9 Å². The second-order valence-electron chi connectivity index (χ2n) is 4.84. The zero-order valence-electron chi connectivity index (χ0n) is 12.3. The lowest BCUT2D eigenvalue weighted by molar-refractivity contribution is 0.0948. The van der Waals surface area contributed by atoms with Gasteiger partial charge in [-0.1, -0.05) is 25.1 Å². The summed E-state index contributed by atoms with van der Waals surface area (Å²) in [5.74, 6) is 1.33. The van der Waals surface area contributed by atoms with Gasteiger partial charge in [0.1, 0.15) is 11.6 Å². The number of para-hydroxylation sites is 1. The van der Waals surface area contributed by atoms with Gasteiger partial charge < -0.3 is 14.3 Å². The van der Waals surface area contributed by atoms with E-state index in [1.807, 2.05) is 48.0 Å². The smallest absolute Gasteiger partial charge is 0.255 e. The van der Waals surface area contributed by atoms with E-state index < -0.39 is 0 Å². The summed E-state index contributed by atoms with van der Waals surface area (Å²) in [5.41, 5.74) is 1.60. The minimum Gasteiger partial charge on any atom is -0.469 e. The molecule has 112 valence electrons. The Morgan fingerprint density at radius 3 is 2.86 bits per heavy atom. The minimum absolute atomic E-state index is 0.145. The van der Waals surface area contributed by atoms with Crippen LogP contribution in [0.4, 0.5) is 0 Å². The summed E-state index contributed by atoms with van der Waals surface area (Å²) in [4.78, 5) is 16.5. The van der Waals surface area contributed by atoms with Gasteiger partial charge >= 0.3 is 0 Å². The lowest BCUT2D eigenvalue weighted by Gasteiger charge is -2.09. The summed E-state index contributed by atoms with van der Waals surface area (Å²) in [7, 11) is 0. The fourth-order valence-electron chi connectivity index (χ4n) is 2.36. The first-order valence-electron chi connectivity index (χ1n) is 7.21. The van der Waals surface area contributed by atoms with Crippen molar-refractivity contribution in [2.24, 2.45) is 0 Å². The third-order valence-corrected chi connectivity index (χ3v) is 3.47. The van der Waals surface area contributed by atoms with Gasteiger partial charge in [-0.05, 0) is 18.2 Å². The number of hydrogen-bond acceptors (Lipinski definition) is 3. The fourth-order valence-corrected chi connectivity index (χ4v) is 2.36. The van der Waals surface area contributed by atoms with Crippen molar-refractivity contribution < 1.29 is 9.21 Å². The number of hydrogen-bond donors (Lipinski definition) is 1. The van der Waals surface area contributed by atoms with Crippen LogP contribution in [0.2, 0.25) is 0 Å². The number of rotatable bonds is 5. The van der Waals surface area contributed by atoms with Crippen LogP contribution < -0.4 is 5.32 Å². The summed E-state index contributed by atoms with van der Waals surface area (Å²) >= 11 is 0. The molecule has 3 rings (SSSR count). The van der Waals surface area contributed by atoms with Crippen LogP contribution in [0.25, 0.3) is 5.69 Å². The van der Waals surface area contributed by atoms with Gasteiger partial charge in [0, 0.05) is 24.5 Å². The van der Waals surface area contributed by atoms with E-state index in [1.54, 1.807) is 18.5 Å². The molecule has 0 radical (unpaired) electrons. The van der Waals surface area contributed by atoms with Crippen LogP contribution in [0.5, 0.6) is 0 Å². The Hall–Kier alpha value is -2.82. The van der Waals surface area contributed by atoms with E-state index in [-0.39, 0.29) is 5.91 Å². The molecule has 0 aliphatic rings. The molecule has 5 nitrogen and oxygen atoms in total. The number of carbonyl (C=O) groups is 1. The molecule has 0 spiro atoms. The van der Waals surface area contributed by atoms with E-state index >= 15 is 0 Å². The highest BCUT2D eigenvalue weighted by atomic mass is 16.3. The van der Waals surface area contributed by atoms with Crippen LogP contribution in [-0.4, -0.2) is 15.5 Å². The summed E-state index contributed by atoms with van der Waals surface area (Å²) in [6.07, 6.45) is 5.84. The third kappa shape index (κ3) is 2.79. The van der Waals surface area contributed by atoms with Crippen molar-refractivity contribution in [2.45, 2.75) is 19.9 Å². The lowest BCUT2D eigenvalue weighted by Crippen LogP contribution is -2.25. The van der Waals surface area contributed by atoms with Gasteiger partial charge in [-0.15, -0.1) is 0 Å². The Bertz CT molecular complexity index is 759. The van der Waals surface area contributed by atoms with Crippen molar-refractivity contribution >= 4 is 5.91 Å². The summed E-state index contributed by atoms with van der Waals surface area (Å²) in [6, 6.07) is 11.6. The van der Waals surface area contributed by atoms with E-state index in [2.05, 4.69) is 10.3 Å². The summed E-state index contributed by atoms with van der Waals surface area (Å²) in [6.45, 7) is 2.31. The van der Waals surface area contributed by atoms with Gasteiger partial charge in [0.15, 0.2) is 0 Å². The molecule has 1 aromatic carbocycles. The number of imidazole rings is 1. The molecule has 0 saturated carbocycles. The number of aryl methyl sites for hydroxylation is 1. The predicted molar refractivity (Wildman–Crippen MR) is 82.8 cm³/mol. The third-order valence-electron chi connectivity index (χ3n) is 3.47. The molecular weight excluding hydrogens is 278 g/mol. The number of amides is 1. The van der Waals surface area contributed by atoms with Gasteiger partial charge in [0.05, 0.1) is 18.4 Å². The highest BCUT2D eigenvalue weighted by molar-refractivity contribution is 5.95. The average Bonchev–Trinajstić information content (AvgIpc) is 3.22. The molecule has 0 fully saturated rings. The lowest BCUT2D eigenvalue weighted by atomic mass is 10.2. The van der Waals surface area contributed by atoms with E-state index in [9.17, 15) is 4.79 Å². The van der Waals surface area contributed by atoms with Crippen molar-refractivity contribution in [3.63, 3.8) is 0 Å². The van der Waals surface area contributed by atoms with Crippen molar-refractivity contribution in [1.82, 2.24) is 14.9 Å². The Morgan fingerprint density at radius 1 is 1.27 bits per heavy atom. The van der Waals surface area contributed by atoms with Crippen molar-refractivity contribution in [3.8, 4) is 5.69 Å². The molecule has 1 amide bonds. The molecule has 3 aromatic rings. The molecule has 0 bridgehead atoms. The highest BCUT2D eigenvalue weighted by Gasteiger charge is 2.14. The molecular formula is C17H17N3O2. The van der Waals surface area contributed by atoms with Gasteiger partial charge in [0.2, 0.25) is 0 Å². The molecule has 0 atom stereocenters. The van der Waals surface area contributed by atoms with Crippen molar-refractivity contribution in [2.75, 3.05) is 0 Å². The molecule has 0 aliphatic heterocycles. The molecule has 0 saturated heterocycles. The monoisotopic (exact) mass is 295 g/mol. The first-order valence-corrected chi connectivity index (χ1v) is 7.21. The van der Waals surface area contributed by atoms with Gasteiger partial charge in [-0.2, -0.15) is 0 Å². The maximum atomic E-state index is 12.2. The number of nitrogens with one attached hydrogen (secondary N) is 1. The number of aromatic nitrogens is 2. The van der Waals surface area contributed by atoms with Gasteiger partial charge in [0.25, 0.3) is 5.91 Å². The molecule has 2 heterocycles. The zero-order valence-corrected chi connectivity index (χ0v) is 12.3. The van der Waals surface area contributed by atoms with Crippen molar-refractivity contribution in [1.29, 1.82) is 0 Å². The first-order chi connectivity index (χ1) is 10.8. The van der Waals surface area contributed by atoms with Crippen LogP contribution >= 0.6 is 0 Å². The zero-order chi connectivity index (χ0) is 15.4. The normalized spacial score (nSPS) is 10.6. The maximum absolute atomic E-state index is 12.2. The SMILES string of the molecule is CCc1occc1C(=O)NCc1nccn1-c1ccccc1. The summed E-state index contributed by atoms with van der Waals surface area (Å²) < 4.78 is 7.24. The van der Waals surface area contributed by atoms with Crippen LogP contribution in [-0.2, 0) is 13.0 Å². The summed E-state index contributed by atoms with van der Waals surface area (Å²) in [5, 5.41) is 2.89. The molecule has 0 aliphatic carbocycles.